The zero-order valence-corrected chi connectivity index (χ0v) is 9.80. The highest BCUT2D eigenvalue weighted by Crippen LogP contribution is 2.43. The van der Waals surface area contributed by atoms with Crippen LogP contribution in [-0.2, 0) is 9.53 Å². The molecule has 3 rings (SSSR count). The van der Waals surface area contributed by atoms with Crippen LogP contribution in [0.2, 0.25) is 0 Å². The molecule has 96 valence electrons. The summed E-state index contributed by atoms with van der Waals surface area (Å²) in [6.07, 6.45) is -0.738. The molecule has 6 heteroatoms. The van der Waals surface area contributed by atoms with Crippen LogP contribution < -0.4 is 18.9 Å². The predicted molar refractivity (Wildman–Crippen MR) is 59.1 cm³/mol. The number of rotatable bonds is 2. The highest BCUT2D eigenvalue weighted by Gasteiger charge is 2.30. The molecule has 0 spiro atoms. The van der Waals surface area contributed by atoms with Crippen molar-refractivity contribution in [3.05, 3.63) is 12.1 Å². The minimum Gasteiger partial charge on any atom is -0.485 e. The van der Waals surface area contributed by atoms with Gasteiger partial charge in [-0.05, 0) is 6.92 Å². The van der Waals surface area contributed by atoms with Gasteiger partial charge in [0.1, 0.15) is 6.61 Å². The number of fused-ring (bicyclic) bond motifs is 2. The van der Waals surface area contributed by atoms with E-state index in [0.717, 1.165) is 0 Å². The van der Waals surface area contributed by atoms with Crippen LogP contribution in [-0.4, -0.2) is 32.1 Å². The molecule has 1 aromatic carbocycles. The van der Waals surface area contributed by atoms with Gasteiger partial charge in [-0.3, -0.25) is 0 Å². The number of hydrogen-bond donors (Lipinski definition) is 0. The first kappa shape index (κ1) is 11.0. The van der Waals surface area contributed by atoms with E-state index in [2.05, 4.69) is 0 Å². The molecule has 18 heavy (non-hydrogen) atoms. The van der Waals surface area contributed by atoms with Crippen molar-refractivity contribution in [2.24, 2.45) is 0 Å². The molecule has 0 amide bonds. The molecule has 6 nitrogen and oxygen atoms in total. The summed E-state index contributed by atoms with van der Waals surface area (Å²) in [4.78, 5) is 11.6. The van der Waals surface area contributed by atoms with Gasteiger partial charge in [-0.2, -0.15) is 0 Å². The van der Waals surface area contributed by atoms with Crippen LogP contribution in [0.15, 0.2) is 12.1 Å². The van der Waals surface area contributed by atoms with Crippen molar-refractivity contribution in [1.82, 2.24) is 0 Å². The van der Waals surface area contributed by atoms with E-state index in [4.69, 9.17) is 23.7 Å². The van der Waals surface area contributed by atoms with Crippen LogP contribution in [0.4, 0.5) is 0 Å². The van der Waals surface area contributed by atoms with Crippen molar-refractivity contribution in [3.63, 3.8) is 0 Å². The SMILES string of the molecule is CCOC(=O)C1COc2cc3c(cc2O1)OCO3. The Kier molecular flexibility index (Phi) is 2.62. The maximum Gasteiger partial charge on any atom is 0.350 e. The lowest BCUT2D eigenvalue weighted by atomic mass is 10.2. The monoisotopic (exact) mass is 252 g/mol. The molecule has 2 heterocycles. The highest BCUT2D eigenvalue weighted by atomic mass is 16.7. The second-order valence-electron chi connectivity index (χ2n) is 3.82. The first-order valence-corrected chi connectivity index (χ1v) is 5.67. The predicted octanol–water partition coefficient (Wildman–Crippen LogP) is 1.12. The topological polar surface area (TPSA) is 63.2 Å². The van der Waals surface area contributed by atoms with E-state index in [9.17, 15) is 4.79 Å². The second kappa shape index (κ2) is 4.29. The van der Waals surface area contributed by atoms with Gasteiger partial charge in [-0.1, -0.05) is 0 Å². The van der Waals surface area contributed by atoms with Gasteiger partial charge in [0.15, 0.2) is 23.0 Å². The van der Waals surface area contributed by atoms with E-state index < -0.39 is 12.1 Å². The zero-order chi connectivity index (χ0) is 12.5. The Hall–Kier alpha value is -2.11. The Labute approximate surface area is 103 Å². The summed E-state index contributed by atoms with van der Waals surface area (Å²) < 4.78 is 26.4. The van der Waals surface area contributed by atoms with E-state index >= 15 is 0 Å². The summed E-state index contributed by atoms with van der Waals surface area (Å²) in [7, 11) is 0. The van der Waals surface area contributed by atoms with Gasteiger partial charge in [0.05, 0.1) is 6.61 Å². The van der Waals surface area contributed by atoms with Crippen molar-refractivity contribution < 1.29 is 28.5 Å². The van der Waals surface area contributed by atoms with E-state index in [1.165, 1.54) is 0 Å². The van der Waals surface area contributed by atoms with Gasteiger partial charge in [-0.15, -0.1) is 0 Å². The zero-order valence-electron chi connectivity index (χ0n) is 9.80. The Balaban J connectivity index is 1.82. The van der Waals surface area contributed by atoms with Crippen molar-refractivity contribution in [2.45, 2.75) is 13.0 Å². The van der Waals surface area contributed by atoms with Crippen molar-refractivity contribution >= 4 is 5.97 Å². The number of ether oxygens (including phenoxy) is 5. The molecule has 0 aromatic heterocycles. The van der Waals surface area contributed by atoms with Crippen molar-refractivity contribution in [2.75, 3.05) is 20.0 Å². The van der Waals surface area contributed by atoms with E-state index in [0.29, 0.717) is 29.6 Å². The quantitative estimate of drug-likeness (QED) is 0.735. The fraction of sp³-hybridized carbons (Fsp3) is 0.417. The highest BCUT2D eigenvalue weighted by molar-refractivity contribution is 5.76. The molecule has 0 aliphatic carbocycles. The van der Waals surface area contributed by atoms with E-state index in [1.54, 1.807) is 19.1 Å². The largest absolute Gasteiger partial charge is 0.485 e. The van der Waals surface area contributed by atoms with Crippen molar-refractivity contribution in [1.29, 1.82) is 0 Å². The number of benzene rings is 1. The number of hydrogen-bond acceptors (Lipinski definition) is 6. The fourth-order valence-electron chi connectivity index (χ4n) is 1.81. The van der Waals surface area contributed by atoms with Crippen LogP contribution in [0, 0.1) is 0 Å². The molecular formula is C12H12O6. The van der Waals surface area contributed by atoms with Gasteiger partial charge in [-0.25, -0.2) is 4.79 Å². The molecule has 1 aromatic rings. The average molecular weight is 252 g/mol. The Morgan fingerprint density at radius 1 is 1.22 bits per heavy atom. The summed E-state index contributed by atoms with van der Waals surface area (Å²) in [6.45, 7) is 2.37. The molecule has 0 saturated heterocycles. The van der Waals surface area contributed by atoms with Gasteiger partial charge in [0, 0.05) is 12.1 Å². The van der Waals surface area contributed by atoms with Gasteiger partial charge < -0.3 is 23.7 Å². The third kappa shape index (κ3) is 1.79. The van der Waals surface area contributed by atoms with Crippen LogP contribution >= 0.6 is 0 Å². The molecule has 2 aliphatic rings. The summed E-state index contributed by atoms with van der Waals surface area (Å²) in [5.41, 5.74) is 0. The average Bonchev–Trinajstić information content (AvgIpc) is 2.82. The first-order valence-electron chi connectivity index (χ1n) is 5.67. The normalized spacial score (nSPS) is 19.5. The summed E-state index contributed by atoms with van der Waals surface area (Å²) >= 11 is 0. The third-order valence-corrected chi connectivity index (χ3v) is 2.65. The first-order chi connectivity index (χ1) is 8.78. The summed E-state index contributed by atoms with van der Waals surface area (Å²) in [6, 6.07) is 3.35. The van der Waals surface area contributed by atoms with Crippen molar-refractivity contribution in [3.8, 4) is 23.0 Å². The lowest BCUT2D eigenvalue weighted by molar-refractivity contribution is -0.153. The Bertz CT molecular complexity index is 484. The van der Waals surface area contributed by atoms with Crippen LogP contribution in [0.3, 0.4) is 0 Å². The number of carbonyl (C=O) groups is 1. The lowest BCUT2D eigenvalue weighted by Gasteiger charge is -2.25. The lowest BCUT2D eigenvalue weighted by Crippen LogP contribution is -2.37. The second-order valence-corrected chi connectivity index (χ2v) is 3.82. The van der Waals surface area contributed by atoms with Gasteiger partial charge in [0.25, 0.3) is 0 Å². The molecule has 0 radical (unpaired) electrons. The number of esters is 1. The third-order valence-electron chi connectivity index (χ3n) is 2.65. The molecule has 1 unspecified atom stereocenters. The van der Waals surface area contributed by atoms with E-state index in [-0.39, 0.29) is 13.4 Å². The van der Waals surface area contributed by atoms with Gasteiger partial charge >= 0.3 is 5.97 Å². The minimum absolute atomic E-state index is 0.130. The molecule has 1 atom stereocenters. The maximum atomic E-state index is 11.6. The van der Waals surface area contributed by atoms with Crippen LogP contribution in [0.1, 0.15) is 6.92 Å². The maximum absolute atomic E-state index is 11.6. The van der Waals surface area contributed by atoms with Gasteiger partial charge in [0.2, 0.25) is 12.9 Å². The summed E-state index contributed by atoms with van der Waals surface area (Å²) in [5.74, 6) is 1.78. The molecule has 0 fully saturated rings. The molecular weight excluding hydrogens is 240 g/mol. The minimum atomic E-state index is -0.738. The molecule has 0 N–H and O–H groups in total. The van der Waals surface area contributed by atoms with Crippen LogP contribution in [0.25, 0.3) is 0 Å². The standard InChI is InChI=1S/C12H12O6/c1-2-14-12(13)11-5-15-9-3-7-8(17-6-16-7)4-10(9)18-11/h3-4,11H,2,5-6H2,1H3. The van der Waals surface area contributed by atoms with E-state index in [1.807, 2.05) is 0 Å². The summed E-state index contributed by atoms with van der Waals surface area (Å²) in [5, 5.41) is 0. The Morgan fingerprint density at radius 3 is 2.61 bits per heavy atom. The fourth-order valence-corrected chi connectivity index (χ4v) is 1.81. The molecule has 0 bridgehead atoms. The molecule has 0 saturated carbocycles. The Morgan fingerprint density at radius 2 is 1.89 bits per heavy atom. The number of carbonyl (C=O) groups excluding carboxylic acids is 1. The molecule has 2 aliphatic heterocycles. The van der Waals surface area contributed by atoms with Crippen LogP contribution in [0.5, 0.6) is 23.0 Å². The smallest absolute Gasteiger partial charge is 0.350 e.